The molecule has 2 aromatic carbocycles. The first-order valence-corrected chi connectivity index (χ1v) is 9.85. The molecule has 0 spiro atoms. The van der Waals surface area contributed by atoms with Crippen molar-refractivity contribution >= 4 is 51.2 Å². The van der Waals surface area contributed by atoms with Gasteiger partial charge in [0.2, 0.25) is 5.91 Å². The van der Waals surface area contributed by atoms with Crippen LogP contribution in [0.1, 0.15) is 21.7 Å². The van der Waals surface area contributed by atoms with Gasteiger partial charge in [0.25, 0.3) is 5.91 Å². The molecule has 0 saturated carbocycles. The summed E-state index contributed by atoms with van der Waals surface area (Å²) in [5.41, 5.74) is 3.12. The van der Waals surface area contributed by atoms with Gasteiger partial charge < -0.3 is 16.0 Å². The fraction of sp³-hybridized carbons (Fsp3) is 0.0952. The lowest BCUT2D eigenvalue weighted by Gasteiger charge is -2.17. The second-order valence-corrected chi connectivity index (χ2v) is 7.57. The minimum atomic E-state index is -0.373. The van der Waals surface area contributed by atoms with Gasteiger partial charge in [-0.3, -0.25) is 14.9 Å². The number of urea groups is 1. The van der Waals surface area contributed by atoms with Crippen molar-refractivity contribution in [1.29, 1.82) is 0 Å². The molecule has 1 aliphatic heterocycles. The van der Waals surface area contributed by atoms with Crippen LogP contribution < -0.4 is 21.3 Å². The predicted molar refractivity (Wildman–Crippen MR) is 115 cm³/mol. The maximum absolute atomic E-state index is 12.5. The number of anilines is 4. The van der Waals surface area contributed by atoms with Gasteiger partial charge >= 0.3 is 6.03 Å². The van der Waals surface area contributed by atoms with E-state index in [2.05, 4.69) is 21.3 Å². The zero-order valence-corrected chi connectivity index (χ0v) is 16.1. The quantitative estimate of drug-likeness (QED) is 0.512. The van der Waals surface area contributed by atoms with E-state index in [1.54, 1.807) is 36.4 Å². The molecule has 4 amide bonds. The van der Waals surface area contributed by atoms with Crippen LogP contribution in [0.25, 0.3) is 0 Å². The topological polar surface area (TPSA) is 99.3 Å². The van der Waals surface area contributed by atoms with Crippen molar-refractivity contribution in [2.75, 3.05) is 21.3 Å². The van der Waals surface area contributed by atoms with Gasteiger partial charge in [-0.15, -0.1) is 11.3 Å². The van der Waals surface area contributed by atoms with Crippen LogP contribution in [0.3, 0.4) is 0 Å². The van der Waals surface area contributed by atoms with E-state index in [-0.39, 0.29) is 17.8 Å². The van der Waals surface area contributed by atoms with Crippen LogP contribution in [0.2, 0.25) is 0 Å². The SMILES string of the molecule is O=C1CCc2cc(NC(=O)c3ccc(NC(=O)Nc4ccccc4)s3)ccc2N1. The average Bonchev–Trinajstić information content (AvgIpc) is 3.17. The highest BCUT2D eigenvalue weighted by atomic mass is 32.1. The molecule has 0 aliphatic carbocycles. The van der Waals surface area contributed by atoms with Gasteiger partial charge in [-0.05, 0) is 54.4 Å². The summed E-state index contributed by atoms with van der Waals surface area (Å²) >= 11 is 1.19. The second kappa shape index (κ2) is 8.15. The molecule has 0 saturated heterocycles. The lowest BCUT2D eigenvalue weighted by molar-refractivity contribution is -0.116. The molecule has 146 valence electrons. The van der Waals surface area contributed by atoms with E-state index < -0.39 is 0 Å². The Balaban J connectivity index is 1.37. The molecule has 0 radical (unpaired) electrons. The van der Waals surface area contributed by atoms with E-state index in [1.807, 2.05) is 24.3 Å². The van der Waals surface area contributed by atoms with Crippen molar-refractivity contribution in [2.45, 2.75) is 12.8 Å². The van der Waals surface area contributed by atoms with Gasteiger partial charge in [-0.1, -0.05) is 18.2 Å². The fourth-order valence-corrected chi connectivity index (χ4v) is 3.77. The van der Waals surface area contributed by atoms with E-state index in [0.29, 0.717) is 34.1 Å². The maximum atomic E-state index is 12.5. The Bertz CT molecular complexity index is 1080. The summed E-state index contributed by atoms with van der Waals surface area (Å²) in [6.07, 6.45) is 1.09. The molecule has 0 unspecified atom stereocenters. The van der Waals surface area contributed by atoms with Gasteiger partial charge in [0.05, 0.1) is 9.88 Å². The third-order valence-corrected chi connectivity index (χ3v) is 5.36. The summed E-state index contributed by atoms with van der Waals surface area (Å²) < 4.78 is 0. The summed E-state index contributed by atoms with van der Waals surface area (Å²) in [5, 5.41) is 11.7. The van der Waals surface area contributed by atoms with E-state index in [9.17, 15) is 14.4 Å². The number of hydrogen-bond acceptors (Lipinski definition) is 4. The first kappa shape index (κ1) is 18.7. The van der Waals surface area contributed by atoms with Gasteiger partial charge in [0.15, 0.2) is 0 Å². The number of para-hydroxylation sites is 1. The van der Waals surface area contributed by atoms with Gasteiger partial charge in [0, 0.05) is 23.5 Å². The number of amides is 4. The van der Waals surface area contributed by atoms with Crippen LogP contribution in [0.5, 0.6) is 0 Å². The Hall–Kier alpha value is -3.65. The van der Waals surface area contributed by atoms with Crippen LogP contribution in [0.4, 0.5) is 26.9 Å². The van der Waals surface area contributed by atoms with Crippen LogP contribution in [-0.4, -0.2) is 17.8 Å². The molecule has 7 nitrogen and oxygen atoms in total. The Kier molecular flexibility index (Phi) is 5.26. The summed E-state index contributed by atoms with van der Waals surface area (Å²) in [5.74, 6) is -0.254. The molecule has 1 aromatic heterocycles. The third-order valence-electron chi connectivity index (χ3n) is 4.36. The molecular weight excluding hydrogens is 388 g/mol. The number of benzene rings is 2. The Morgan fingerprint density at radius 1 is 0.862 bits per heavy atom. The van der Waals surface area contributed by atoms with E-state index >= 15 is 0 Å². The van der Waals surface area contributed by atoms with E-state index in [0.717, 1.165) is 11.3 Å². The zero-order valence-electron chi connectivity index (χ0n) is 15.3. The number of hydrogen-bond donors (Lipinski definition) is 4. The third kappa shape index (κ3) is 4.61. The van der Waals surface area contributed by atoms with Gasteiger partial charge in [0.1, 0.15) is 0 Å². The van der Waals surface area contributed by atoms with Crippen molar-refractivity contribution in [2.24, 2.45) is 0 Å². The second-order valence-electron chi connectivity index (χ2n) is 6.48. The number of carbonyl (C=O) groups excluding carboxylic acids is 3. The van der Waals surface area contributed by atoms with Crippen LogP contribution in [-0.2, 0) is 11.2 Å². The Morgan fingerprint density at radius 3 is 2.52 bits per heavy atom. The van der Waals surface area contributed by atoms with Gasteiger partial charge in [-0.25, -0.2) is 4.79 Å². The molecule has 0 fully saturated rings. The standard InChI is InChI=1S/C21H18N4O3S/c26-18-10-6-13-12-15(7-8-16(13)24-18)22-20(27)17-9-11-19(29-17)25-21(28)23-14-4-2-1-3-5-14/h1-5,7-9,11-12H,6,10H2,(H,22,27)(H,24,26)(H2,23,25,28). The average molecular weight is 406 g/mol. The monoisotopic (exact) mass is 406 g/mol. The first-order chi connectivity index (χ1) is 14.1. The molecule has 2 heterocycles. The van der Waals surface area contributed by atoms with Crippen molar-refractivity contribution in [3.8, 4) is 0 Å². The molecule has 0 atom stereocenters. The molecule has 8 heteroatoms. The highest BCUT2D eigenvalue weighted by Gasteiger charge is 2.16. The molecule has 4 rings (SSSR count). The number of carbonyl (C=O) groups is 3. The van der Waals surface area contributed by atoms with Crippen molar-refractivity contribution < 1.29 is 14.4 Å². The highest BCUT2D eigenvalue weighted by Crippen LogP contribution is 2.27. The van der Waals surface area contributed by atoms with Crippen molar-refractivity contribution in [1.82, 2.24) is 0 Å². The maximum Gasteiger partial charge on any atom is 0.324 e. The van der Waals surface area contributed by atoms with Crippen LogP contribution >= 0.6 is 11.3 Å². The Morgan fingerprint density at radius 2 is 1.69 bits per heavy atom. The minimum Gasteiger partial charge on any atom is -0.326 e. The smallest absolute Gasteiger partial charge is 0.324 e. The summed E-state index contributed by atoms with van der Waals surface area (Å²) in [6, 6.07) is 17.5. The lowest BCUT2D eigenvalue weighted by atomic mass is 10.0. The number of thiophene rings is 1. The largest absolute Gasteiger partial charge is 0.326 e. The molecule has 4 N–H and O–H groups in total. The minimum absolute atomic E-state index is 0.00389. The van der Waals surface area contributed by atoms with Crippen molar-refractivity contribution in [3.05, 3.63) is 71.1 Å². The summed E-state index contributed by atoms with van der Waals surface area (Å²) in [6.45, 7) is 0. The molecule has 29 heavy (non-hydrogen) atoms. The highest BCUT2D eigenvalue weighted by molar-refractivity contribution is 7.18. The first-order valence-electron chi connectivity index (χ1n) is 9.04. The number of aryl methyl sites for hydroxylation is 1. The van der Waals surface area contributed by atoms with Crippen LogP contribution in [0, 0.1) is 0 Å². The van der Waals surface area contributed by atoms with Crippen LogP contribution in [0.15, 0.2) is 60.7 Å². The number of nitrogens with one attached hydrogen (secondary N) is 4. The van der Waals surface area contributed by atoms with Crippen molar-refractivity contribution in [3.63, 3.8) is 0 Å². The number of fused-ring (bicyclic) bond motifs is 1. The number of rotatable bonds is 4. The zero-order chi connectivity index (χ0) is 20.2. The Labute approximate surface area is 171 Å². The summed E-state index contributed by atoms with van der Waals surface area (Å²) in [7, 11) is 0. The normalized spacial score (nSPS) is 12.5. The molecular formula is C21H18N4O3S. The lowest BCUT2D eigenvalue weighted by Crippen LogP contribution is -2.19. The molecule has 3 aromatic rings. The molecule has 1 aliphatic rings. The predicted octanol–water partition coefficient (Wildman–Crippen LogP) is 4.53. The fourth-order valence-electron chi connectivity index (χ4n) is 2.98. The van der Waals surface area contributed by atoms with Gasteiger partial charge in [-0.2, -0.15) is 0 Å². The summed E-state index contributed by atoms with van der Waals surface area (Å²) in [4.78, 5) is 36.5. The van der Waals surface area contributed by atoms with E-state index in [1.165, 1.54) is 11.3 Å². The van der Waals surface area contributed by atoms with E-state index in [4.69, 9.17) is 0 Å². The molecule has 0 bridgehead atoms.